The second kappa shape index (κ2) is 10.5. The maximum absolute atomic E-state index is 12.3. The summed E-state index contributed by atoms with van der Waals surface area (Å²) in [6.07, 6.45) is 1.24. The number of nitrogens with zero attached hydrogens (tertiary/aromatic N) is 2. The van der Waals surface area contributed by atoms with Crippen LogP contribution < -0.4 is 16.0 Å². The molecule has 0 aromatic heterocycles. The minimum absolute atomic E-state index is 0. The molecule has 1 aromatic rings. The lowest BCUT2D eigenvalue weighted by Gasteiger charge is -2.19. The van der Waals surface area contributed by atoms with Crippen LogP contribution in [0.15, 0.2) is 29.3 Å². The first-order valence-electron chi connectivity index (χ1n) is 9.04. The Bertz CT molecular complexity index is 694. The number of hydrogen-bond acceptors (Lipinski definition) is 3. The van der Waals surface area contributed by atoms with Crippen molar-refractivity contribution < 1.29 is 9.59 Å². The minimum Gasteiger partial charge on any atom is -0.356 e. The second-order valence-electron chi connectivity index (χ2n) is 6.77. The molecule has 1 unspecified atom stereocenters. The van der Waals surface area contributed by atoms with E-state index in [2.05, 4.69) is 46.1 Å². The van der Waals surface area contributed by atoms with Crippen LogP contribution in [0.3, 0.4) is 0 Å². The molecule has 0 spiro atoms. The fraction of sp³-hybridized carbons (Fsp3) is 0.526. The first kappa shape index (κ1) is 23.2. The first-order valence-corrected chi connectivity index (χ1v) is 9.04. The molecular weight excluding hydrogens is 457 g/mol. The molecule has 3 N–H and O–H groups in total. The Morgan fingerprint density at radius 2 is 2.04 bits per heavy atom. The van der Waals surface area contributed by atoms with E-state index in [9.17, 15) is 9.59 Å². The summed E-state index contributed by atoms with van der Waals surface area (Å²) in [5.74, 6) is 0.550. The molecule has 3 amide bonds. The summed E-state index contributed by atoms with van der Waals surface area (Å²) < 4.78 is 0. The van der Waals surface area contributed by atoms with Crippen LogP contribution in [0.1, 0.15) is 37.8 Å². The minimum atomic E-state index is -0.768. The van der Waals surface area contributed by atoms with E-state index in [0.717, 1.165) is 0 Å². The van der Waals surface area contributed by atoms with E-state index in [0.29, 0.717) is 38.4 Å². The lowest BCUT2D eigenvalue weighted by Crippen LogP contribution is -2.43. The van der Waals surface area contributed by atoms with E-state index in [-0.39, 0.29) is 35.9 Å². The second-order valence-corrected chi connectivity index (χ2v) is 6.77. The van der Waals surface area contributed by atoms with Crippen LogP contribution in [0.2, 0.25) is 0 Å². The molecule has 1 aromatic carbocycles. The Balaban J connectivity index is 0.00000364. The van der Waals surface area contributed by atoms with Gasteiger partial charge in [0.25, 0.3) is 5.91 Å². The van der Waals surface area contributed by atoms with Crippen molar-refractivity contribution in [2.75, 3.05) is 20.1 Å². The Kier molecular flexibility index (Phi) is 9.01. The van der Waals surface area contributed by atoms with Gasteiger partial charge in [0, 0.05) is 26.7 Å². The van der Waals surface area contributed by atoms with Crippen LogP contribution in [-0.2, 0) is 11.3 Å². The fourth-order valence-electron chi connectivity index (χ4n) is 2.86. The molecule has 0 bridgehead atoms. The molecule has 1 aliphatic heterocycles. The van der Waals surface area contributed by atoms with E-state index in [4.69, 9.17) is 0 Å². The highest BCUT2D eigenvalue weighted by Crippen LogP contribution is 2.20. The Morgan fingerprint density at radius 3 is 2.63 bits per heavy atom. The van der Waals surface area contributed by atoms with E-state index in [1.54, 1.807) is 14.0 Å². The highest BCUT2D eigenvalue weighted by Gasteiger charge is 2.45. The van der Waals surface area contributed by atoms with Crippen molar-refractivity contribution in [3.05, 3.63) is 35.4 Å². The van der Waals surface area contributed by atoms with Gasteiger partial charge < -0.3 is 16.0 Å². The van der Waals surface area contributed by atoms with Crippen molar-refractivity contribution in [2.45, 2.75) is 45.7 Å². The number of nitrogens with one attached hydrogen (secondary N) is 3. The number of rotatable bonds is 7. The smallest absolute Gasteiger partial charge is 0.325 e. The van der Waals surface area contributed by atoms with Crippen LogP contribution in [0.25, 0.3) is 0 Å². The van der Waals surface area contributed by atoms with Crippen LogP contribution in [0.4, 0.5) is 4.79 Å². The standard InChI is InChI=1S/C19H29N5O2.HI/c1-5-19(3)16(25)24(18(26)23-19)11-7-10-21-17(20-4)22-13-15-9-6-8-14(2)12-15;/h6,8-9,12H,5,7,10-11,13H2,1-4H3,(H,23,26)(H2,20,21,22);1H. The lowest BCUT2D eigenvalue weighted by atomic mass is 9.99. The molecule has 0 saturated carbocycles. The average Bonchev–Trinajstić information content (AvgIpc) is 2.84. The monoisotopic (exact) mass is 487 g/mol. The molecule has 8 heteroatoms. The van der Waals surface area contributed by atoms with E-state index in [1.807, 2.05) is 13.0 Å². The zero-order valence-corrected chi connectivity index (χ0v) is 18.8. The number of imide groups is 1. The van der Waals surface area contributed by atoms with Gasteiger partial charge in [0.05, 0.1) is 0 Å². The maximum atomic E-state index is 12.3. The number of benzene rings is 1. The quantitative estimate of drug-likeness (QED) is 0.181. The van der Waals surface area contributed by atoms with Crippen LogP contribution in [-0.4, -0.2) is 48.5 Å². The van der Waals surface area contributed by atoms with Gasteiger partial charge in [-0.05, 0) is 32.3 Å². The number of amides is 3. The SMILES string of the molecule is CCC1(C)NC(=O)N(CCCNC(=NC)NCc2cccc(C)c2)C1=O.I. The van der Waals surface area contributed by atoms with Gasteiger partial charge in [-0.2, -0.15) is 0 Å². The molecule has 1 heterocycles. The molecule has 0 aliphatic carbocycles. The van der Waals surface area contributed by atoms with E-state index in [1.165, 1.54) is 16.0 Å². The van der Waals surface area contributed by atoms with Gasteiger partial charge in [0.15, 0.2) is 5.96 Å². The first-order chi connectivity index (χ1) is 12.4. The van der Waals surface area contributed by atoms with Gasteiger partial charge in [0.1, 0.15) is 5.54 Å². The van der Waals surface area contributed by atoms with Crippen LogP contribution in [0, 0.1) is 6.92 Å². The largest absolute Gasteiger partial charge is 0.356 e. The van der Waals surface area contributed by atoms with Gasteiger partial charge in [-0.3, -0.25) is 14.7 Å². The van der Waals surface area contributed by atoms with Crippen molar-refractivity contribution >= 4 is 41.9 Å². The van der Waals surface area contributed by atoms with Crippen molar-refractivity contribution in [1.82, 2.24) is 20.9 Å². The zero-order chi connectivity index (χ0) is 19.2. The summed E-state index contributed by atoms with van der Waals surface area (Å²) in [6.45, 7) is 7.42. The van der Waals surface area contributed by atoms with E-state index >= 15 is 0 Å². The molecule has 2 rings (SSSR count). The molecule has 1 aliphatic rings. The molecule has 7 nitrogen and oxygen atoms in total. The normalized spacial score (nSPS) is 19.6. The molecule has 0 radical (unpaired) electrons. The molecule has 1 saturated heterocycles. The van der Waals surface area contributed by atoms with Crippen molar-refractivity contribution in [3.63, 3.8) is 0 Å². The summed E-state index contributed by atoms with van der Waals surface area (Å²) in [5, 5.41) is 9.24. The van der Waals surface area contributed by atoms with Gasteiger partial charge in [-0.1, -0.05) is 36.8 Å². The number of aryl methyl sites for hydroxylation is 1. The molecule has 1 fully saturated rings. The Hall–Kier alpha value is -1.84. The van der Waals surface area contributed by atoms with Crippen LogP contribution >= 0.6 is 24.0 Å². The summed E-state index contributed by atoms with van der Waals surface area (Å²) in [4.78, 5) is 29.8. The number of guanidine groups is 1. The number of halogens is 1. The summed E-state index contributed by atoms with van der Waals surface area (Å²) in [6, 6.07) is 7.99. The van der Waals surface area contributed by atoms with Gasteiger partial charge in [-0.25, -0.2) is 4.79 Å². The Morgan fingerprint density at radius 1 is 1.30 bits per heavy atom. The summed E-state index contributed by atoms with van der Waals surface area (Å²) >= 11 is 0. The Labute approximate surface area is 178 Å². The third-order valence-electron chi connectivity index (χ3n) is 4.67. The van der Waals surface area contributed by atoms with Gasteiger partial charge in [0.2, 0.25) is 0 Å². The highest BCUT2D eigenvalue weighted by molar-refractivity contribution is 14.0. The number of carbonyl (C=O) groups excluding carboxylic acids is 2. The number of hydrogen-bond donors (Lipinski definition) is 3. The van der Waals surface area contributed by atoms with Gasteiger partial charge in [-0.15, -0.1) is 24.0 Å². The lowest BCUT2D eigenvalue weighted by molar-refractivity contribution is -0.130. The predicted molar refractivity (Wildman–Crippen MR) is 118 cm³/mol. The average molecular weight is 487 g/mol. The molecule has 27 heavy (non-hydrogen) atoms. The summed E-state index contributed by atoms with van der Waals surface area (Å²) in [5.41, 5.74) is 1.64. The predicted octanol–water partition coefficient (Wildman–Crippen LogP) is 2.39. The number of aliphatic imine (C=N–C) groups is 1. The van der Waals surface area contributed by atoms with Gasteiger partial charge >= 0.3 is 6.03 Å². The number of urea groups is 1. The molecule has 1 atom stereocenters. The van der Waals surface area contributed by atoms with Crippen molar-refractivity contribution in [1.29, 1.82) is 0 Å². The zero-order valence-electron chi connectivity index (χ0n) is 16.5. The van der Waals surface area contributed by atoms with E-state index < -0.39 is 5.54 Å². The molecular formula is C19H30IN5O2. The fourth-order valence-corrected chi connectivity index (χ4v) is 2.86. The topological polar surface area (TPSA) is 85.8 Å². The maximum Gasteiger partial charge on any atom is 0.325 e. The number of carbonyl (C=O) groups is 2. The highest BCUT2D eigenvalue weighted by atomic mass is 127. The van der Waals surface area contributed by atoms with Crippen LogP contribution in [0.5, 0.6) is 0 Å². The van der Waals surface area contributed by atoms with Crippen molar-refractivity contribution in [3.8, 4) is 0 Å². The summed E-state index contributed by atoms with van der Waals surface area (Å²) in [7, 11) is 1.72. The third kappa shape index (κ3) is 6.08. The molecule has 150 valence electrons. The third-order valence-corrected chi connectivity index (χ3v) is 4.67. The van der Waals surface area contributed by atoms with Crippen molar-refractivity contribution in [2.24, 2.45) is 4.99 Å².